The molecule has 2 amide bonds. The molecule has 1 aliphatic heterocycles. The van der Waals surface area contributed by atoms with Crippen LogP contribution in [0, 0.1) is 6.92 Å². The lowest BCUT2D eigenvalue weighted by Gasteiger charge is -2.17. The molecule has 0 atom stereocenters. The van der Waals surface area contributed by atoms with Gasteiger partial charge in [0.15, 0.2) is 5.17 Å². The monoisotopic (exact) mass is 585 g/mol. The molecule has 1 N–H and O–H groups in total. The number of ether oxygens (including phenoxy) is 1. The molecule has 0 saturated heterocycles. The van der Waals surface area contributed by atoms with Crippen molar-refractivity contribution in [3.8, 4) is 11.1 Å². The summed E-state index contributed by atoms with van der Waals surface area (Å²) < 4.78 is 6.97. The van der Waals surface area contributed by atoms with Gasteiger partial charge in [-0.25, -0.2) is 9.79 Å². The molecule has 0 bridgehead atoms. The van der Waals surface area contributed by atoms with Crippen LogP contribution in [0.4, 0.5) is 10.7 Å². The maximum Gasteiger partial charge on any atom is 0.341 e. The van der Waals surface area contributed by atoms with Crippen molar-refractivity contribution >= 4 is 62.8 Å². The summed E-state index contributed by atoms with van der Waals surface area (Å²) in [5.74, 6) is -1.17. The van der Waals surface area contributed by atoms with Crippen LogP contribution in [-0.2, 0) is 21.4 Å². The average Bonchev–Trinajstić information content (AvgIpc) is 3.63. The van der Waals surface area contributed by atoms with Crippen molar-refractivity contribution in [1.29, 1.82) is 0 Å². The van der Waals surface area contributed by atoms with Gasteiger partial charge in [0.1, 0.15) is 16.3 Å². The summed E-state index contributed by atoms with van der Waals surface area (Å²) in [7, 11) is 1.81. The minimum Gasteiger partial charge on any atom is -0.462 e. The van der Waals surface area contributed by atoms with Crippen LogP contribution in [0.3, 0.4) is 0 Å². The van der Waals surface area contributed by atoms with E-state index in [-0.39, 0.29) is 29.9 Å². The van der Waals surface area contributed by atoms with E-state index in [4.69, 9.17) is 4.74 Å². The van der Waals surface area contributed by atoms with Crippen molar-refractivity contribution in [3.63, 3.8) is 0 Å². The minimum atomic E-state index is -0.503. The Morgan fingerprint density at radius 3 is 2.46 bits per heavy atom. The van der Waals surface area contributed by atoms with Crippen LogP contribution in [0.1, 0.15) is 28.5 Å². The van der Waals surface area contributed by atoms with Gasteiger partial charge in [-0.1, -0.05) is 60.3 Å². The van der Waals surface area contributed by atoms with Crippen LogP contribution < -0.4 is 10.2 Å². The van der Waals surface area contributed by atoms with Crippen molar-refractivity contribution < 1.29 is 19.1 Å². The molecule has 9 nitrogen and oxygen atoms in total. The number of benzene rings is 2. The number of amidine groups is 1. The fourth-order valence-corrected chi connectivity index (χ4v) is 6.07. The van der Waals surface area contributed by atoms with Gasteiger partial charge in [-0.3, -0.25) is 19.2 Å². The van der Waals surface area contributed by atoms with Crippen LogP contribution >= 0.6 is 23.1 Å². The number of esters is 1. The van der Waals surface area contributed by atoms with E-state index >= 15 is 0 Å². The topological polar surface area (TPSA) is 106 Å². The number of aromatic nitrogens is 2. The molecule has 0 fully saturated rings. The van der Waals surface area contributed by atoms with E-state index in [0.717, 1.165) is 28.6 Å². The average molecular weight is 586 g/mol. The number of carbonyl (C=O) groups is 3. The molecular formula is C30H27N5O4S2. The fourth-order valence-electron chi connectivity index (χ4n) is 4.28. The van der Waals surface area contributed by atoms with Gasteiger partial charge in [0, 0.05) is 29.8 Å². The Morgan fingerprint density at radius 1 is 1.10 bits per heavy atom. The van der Waals surface area contributed by atoms with Gasteiger partial charge in [-0.05, 0) is 37.6 Å². The zero-order valence-electron chi connectivity index (χ0n) is 22.7. The molecule has 0 aliphatic carbocycles. The first-order valence-corrected chi connectivity index (χ1v) is 14.7. The van der Waals surface area contributed by atoms with Gasteiger partial charge >= 0.3 is 5.97 Å². The number of nitrogens with one attached hydrogen (secondary N) is 1. The molecule has 1 aliphatic rings. The molecule has 2 aromatic heterocycles. The van der Waals surface area contributed by atoms with E-state index in [9.17, 15) is 14.4 Å². The Morgan fingerprint density at radius 2 is 1.80 bits per heavy atom. The van der Waals surface area contributed by atoms with Crippen LogP contribution in [0.2, 0.25) is 0 Å². The third-order valence-electron chi connectivity index (χ3n) is 6.13. The molecule has 0 spiro atoms. The largest absolute Gasteiger partial charge is 0.462 e. The summed E-state index contributed by atoms with van der Waals surface area (Å²) in [6.45, 7) is 3.81. The van der Waals surface area contributed by atoms with Crippen molar-refractivity contribution in [3.05, 3.63) is 94.8 Å². The molecule has 0 unspecified atom stereocenters. The Balaban J connectivity index is 1.38. The number of aliphatic imine (C=N–C) groups is 1. The van der Waals surface area contributed by atoms with Crippen molar-refractivity contribution in [1.82, 2.24) is 9.78 Å². The lowest BCUT2D eigenvalue weighted by atomic mass is 10.0. The second kappa shape index (κ2) is 12.4. The van der Waals surface area contributed by atoms with Crippen molar-refractivity contribution in [2.45, 2.75) is 13.8 Å². The molecule has 11 heteroatoms. The summed E-state index contributed by atoms with van der Waals surface area (Å²) >= 11 is 2.40. The van der Waals surface area contributed by atoms with Gasteiger partial charge in [0.25, 0.3) is 5.91 Å². The highest BCUT2D eigenvalue weighted by molar-refractivity contribution is 8.14. The number of nitrogens with zero attached hydrogens (tertiary/aromatic N) is 4. The van der Waals surface area contributed by atoms with Crippen LogP contribution in [-0.4, -0.2) is 45.1 Å². The Bertz CT molecular complexity index is 1660. The highest BCUT2D eigenvalue weighted by Gasteiger charge is 2.33. The van der Waals surface area contributed by atoms with E-state index in [1.54, 1.807) is 17.7 Å². The Hall–Kier alpha value is -4.48. The first kappa shape index (κ1) is 28.1. The fraction of sp³-hybridized carbons (Fsp3) is 0.167. The van der Waals surface area contributed by atoms with E-state index in [2.05, 4.69) is 15.4 Å². The predicted octanol–water partition coefficient (Wildman–Crippen LogP) is 5.75. The molecule has 4 aromatic rings. The summed E-state index contributed by atoms with van der Waals surface area (Å²) in [6.07, 6.45) is 3.53. The van der Waals surface area contributed by atoms with Crippen molar-refractivity contribution in [2.75, 3.05) is 22.6 Å². The molecule has 41 heavy (non-hydrogen) atoms. The van der Waals surface area contributed by atoms with E-state index < -0.39 is 5.97 Å². The minimum absolute atomic E-state index is 0.0323. The third-order valence-corrected chi connectivity index (χ3v) is 7.96. The van der Waals surface area contributed by atoms with E-state index in [1.807, 2.05) is 86.2 Å². The number of aryl methyl sites for hydroxylation is 2. The maximum absolute atomic E-state index is 13.4. The third kappa shape index (κ3) is 6.16. The molecule has 3 heterocycles. The first-order chi connectivity index (χ1) is 19.9. The van der Waals surface area contributed by atoms with Gasteiger partial charge < -0.3 is 10.1 Å². The summed E-state index contributed by atoms with van der Waals surface area (Å²) in [6, 6.07) is 18.6. The number of hydrogen-bond donors (Lipinski definition) is 1. The standard InChI is InChI=1S/C30H27N5O4S2/c1-4-39-29(38)26-23(20-11-7-5-8-12-20)17-40-27(26)32-25(36)18-41-30-31-24(15-21-16-34(3)33-19(21)2)28(37)35(30)22-13-9-6-10-14-22/h5-17H,4,18H2,1-3H3,(H,32,36)/b24-15+. The zero-order valence-corrected chi connectivity index (χ0v) is 24.3. The highest BCUT2D eigenvalue weighted by Crippen LogP contribution is 2.36. The number of hydrogen-bond acceptors (Lipinski definition) is 8. The number of rotatable bonds is 8. The van der Waals surface area contributed by atoms with E-state index in [1.165, 1.54) is 16.2 Å². The van der Waals surface area contributed by atoms with Gasteiger partial charge in [-0.2, -0.15) is 5.10 Å². The second-order valence-corrected chi connectivity index (χ2v) is 10.8. The highest BCUT2D eigenvalue weighted by atomic mass is 32.2. The predicted molar refractivity (Wildman–Crippen MR) is 164 cm³/mol. The number of thioether (sulfide) groups is 1. The zero-order chi connectivity index (χ0) is 28.9. The summed E-state index contributed by atoms with van der Waals surface area (Å²) in [5.41, 5.74) is 4.32. The van der Waals surface area contributed by atoms with Crippen LogP contribution in [0.15, 0.2) is 82.9 Å². The quantitative estimate of drug-likeness (QED) is 0.209. The molecule has 0 saturated carbocycles. The van der Waals surface area contributed by atoms with Gasteiger partial charge in [0.2, 0.25) is 5.91 Å². The number of anilines is 2. The van der Waals surface area contributed by atoms with Gasteiger partial charge in [-0.15, -0.1) is 11.3 Å². The maximum atomic E-state index is 13.4. The number of para-hydroxylation sites is 1. The number of carbonyl (C=O) groups excluding carboxylic acids is 3. The first-order valence-electron chi connectivity index (χ1n) is 12.8. The Labute approximate surface area is 245 Å². The molecular weight excluding hydrogens is 558 g/mol. The molecule has 5 rings (SSSR count). The molecule has 0 radical (unpaired) electrons. The lowest BCUT2D eigenvalue weighted by Crippen LogP contribution is -2.31. The number of amides is 2. The second-order valence-electron chi connectivity index (χ2n) is 9.02. The Kier molecular flexibility index (Phi) is 8.46. The van der Waals surface area contributed by atoms with E-state index in [0.29, 0.717) is 27.0 Å². The smallest absolute Gasteiger partial charge is 0.341 e. The normalized spacial score (nSPS) is 13.9. The van der Waals surface area contributed by atoms with Crippen LogP contribution in [0.5, 0.6) is 0 Å². The number of thiophene rings is 1. The molecule has 208 valence electrons. The van der Waals surface area contributed by atoms with Crippen molar-refractivity contribution in [2.24, 2.45) is 12.0 Å². The lowest BCUT2D eigenvalue weighted by molar-refractivity contribution is -0.114. The van der Waals surface area contributed by atoms with Crippen LogP contribution in [0.25, 0.3) is 17.2 Å². The van der Waals surface area contributed by atoms with Gasteiger partial charge in [0.05, 0.1) is 23.7 Å². The molecule has 2 aromatic carbocycles. The summed E-state index contributed by atoms with van der Waals surface area (Å²) in [4.78, 5) is 45.5. The summed E-state index contributed by atoms with van der Waals surface area (Å²) in [5, 5.41) is 9.82. The SMILES string of the molecule is CCOC(=O)c1c(-c2ccccc2)csc1NC(=O)CSC1=N/C(=C/c2cn(C)nc2C)C(=O)N1c1ccccc1.